The summed E-state index contributed by atoms with van der Waals surface area (Å²) >= 11 is 3.17. The minimum atomic E-state index is -0.263. The monoisotopic (exact) mass is 278 g/mol. The zero-order chi connectivity index (χ0) is 12.2. The van der Waals surface area contributed by atoms with E-state index < -0.39 is 0 Å². The summed E-state index contributed by atoms with van der Waals surface area (Å²) < 4.78 is 0. The van der Waals surface area contributed by atoms with Crippen molar-refractivity contribution in [3.05, 3.63) is 0 Å². The highest BCUT2D eigenvalue weighted by molar-refractivity contribution is 9.10. The van der Waals surface area contributed by atoms with Crippen LogP contribution in [0.5, 0.6) is 0 Å². The van der Waals surface area contributed by atoms with Crippen LogP contribution in [0.25, 0.3) is 0 Å². The van der Waals surface area contributed by atoms with Crippen LogP contribution in [0.2, 0.25) is 0 Å². The van der Waals surface area contributed by atoms with Gasteiger partial charge in [0, 0.05) is 12.6 Å². The number of nitrogens with zero attached hydrogens (tertiary/aromatic N) is 1. The first-order valence-electron chi connectivity index (χ1n) is 4.83. The summed E-state index contributed by atoms with van der Waals surface area (Å²) in [5.74, 6) is -0.245. The van der Waals surface area contributed by atoms with E-state index in [9.17, 15) is 9.59 Å². The molecule has 0 aromatic rings. The molecule has 0 aliphatic heterocycles. The van der Waals surface area contributed by atoms with Crippen molar-refractivity contribution in [3.8, 4) is 0 Å². The Morgan fingerprint density at radius 3 is 2.20 bits per heavy atom. The Hall–Kier alpha value is -0.580. The van der Waals surface area contributed by atoms with Gasteiger partial charge in [-0.15, -0.1) is 0 Å². The molecule has 15 heavy (non-hydrogen) atoms. The van der Waals surface area contributed by atoms with E-state index in [-0.39, 0.29) is 28.7 Å². The van der Waals surface area contributed by atoms with Crippen molar-refractivity contribution in [1.82, 2.24) is 10.2 Å². The summed E-state index contributed by atoms with van der Waals surface area (Å²) in [4.78, 5) is 24.1. The highest BCUT2D eigenvalue weighted by Gasteiger charge is 2.19. The molecule has 2 amide bonds. The summed E-state index contributed by atoms with van der Waals surface area (Å²) in [6, 6.07) is 0. The number of halogens is 1. The first kappa shape index (κ1) is 14.4. The van der Waals surface area contributed by atoms with Crippen LogP contribution in [0.3, 0.4) is 0 Å². The molecule has 1 atom stereocenters. The normalized spacial score (nSPS) is 13.2. The number of rotatable bonds is 3. The van der Waals surface area contributed by atoms with E-state index in [0.717, 1.165) is 0 Å². The van der Waals surface area contributed by atoms with E-state index in [0.29, 0.717) is 0 Å². The van der Waals surface area contributed by atoms with Gasteiger partial charge in [0.2, 0.25) is 11.8 Å². The molecule has 0 saturated carbocycles. The Labute approximate surface area is 99.5 Å². The van der Waals surface area contributed by atoms with E-state index in [1.165, 1.54) is 4.90 Å². The molecule has 1 N–H and O–H groups in total. The van der Waals surface area contributed by atoms with Gasteiger partial charge in [-0.3, -0.25) is 9.59 Å². The summed E-state index contributed by atoms with van der Waals surface area (Å²) in [6.45, 7) is 7.53. The molecule has 0 aliphatic carbocycles. The minimum Gasteiger partial charge on any atom is -0.350 e. The molecule has 0 bridgehead atoms. The van der Waals surface area contributed by atoms with Crippen molar-refractivity contribution in [2.75, 3.05) is 13.6 Å². The van der Waals surface area contributed by atoms with Crippen LogP contribution in [0.4, 0.5) is 0 Å². The zero-order valence-electron chi connectivity index (χ0n) is 9.93. The van der Waals surface area contributed by atoms with E-state index in [1.54, 1.807) is 14.0 Å². The lowest BCUT2D eigenvalue weighted by molar-refractivity contribution is -0.134. The maximum Gasteiger partial charge on any atom is 0.240 e. The van der Waals surface area contributed by atoms with Crippen molar-refractivity contribution >= 4 is 27.7 Å². The molecule has 0 aromatic carbocycles. The Morgan fingerprint density at radius 2 is 1.87 bits per heavy atom. The van der Waals surface area contributed by atoms with Crippen molar-refractivity contribution in [2.24, 2.45) is 0 Å². The topological polar surface area (TPSA) is 49.4 Å². The minimum absolute atomic E-state index is 0.0893. The van der Waals surface area contributed by atoms with Crippen molar-refractivity contribution in [2.45, 2.75) is 38.1 Å². The van der Waals surface area contributed by atoms with Crippen LogP contribution in [0, 0.1) is 0 Å². The molecule has 0 rings (SSSR count). The molecule has 0 fully saturated rings. The summed E-state index contributed by atoms with van der Waals surface area (Å²) in [6.07, 6.45) is 0. The van der Waals surface area contributed by atoms with Gasteiger partial charge in [0.15, 0.2) is 0 Å². The molecule has 0 aliphatic rings. The Bertz CT molecular complexity index is 246. The first-order chi connectivity index (χ1) is 6.63. The second kappa shape index (κ2) is 5.49. The van der Waals surface area contributed by atoms with E-state index in [1.807, 2.05) is 20.8 Å². The molecular formula is C10H19BrN2O2. The van der Waals surface area contributed by atoms with E-state index >= 15 is 0 Å². The molecule has 0 saturated heterocycles. The fourth-order valence-corrected chi connectivity index (χ4v) is 1.40. The number of nitrogens with one attached hydrogen (secondary N) is 1. The number of amides is 2. The predicted octanol–water partition coefficient (Wildman–Crippen LogP) is 1.14. The maximum absolute atomic E-state index is 11.5. The third-order valence-corrected chi connectivity index (χ3v) is 2.00. The molecule has 5 heteroatoms. The number of carbonyl (C=O) groups excluding carboxylic acids is 2. The van der Waals surface area contributed by atoms with E-state index in [2.05, 4.69) is 21.2 Å². The maximum atomic E-state index is 11.5. The summed E-state index contributed by atoms with van der Waals surface area (Å²) in [5, 5.41) is 2.80. The van der Waals surface area contributed by atoms with Gasteiger partial charge in [-0.25, -0.2) is 0 Å². The van der Waals surface area contributed by atoms with E-state index in [4.69, 9.17) is 0 Å². The van der Waals surface area contributed by atoms with Gasteiger partial charge in [-0.2, -0.15) is 0 Å². The second-order valence-electron chi connectivity index (χ2n) is 4.61. The second-order valence-corrected chi connectivity index (χ2v) is 5.98. The third kappa shape index (κ3) is 6.49. The summed E-state index contributed by atoms with van der Waals surface area (Å²) in [5.41, 5.74) is -0.263. The van der Waals surface area contributed by atoms with Gasteiger partial charge >= 0.3 is 0 Å². The fourth-order valence-electron chi connectivity index (χ4n) is 1.05. The van der Waals surface area contributed by atoms with Gasteiger partial charge in [-0.1, -0.05) is 15.9 Å². The quantitative estimate of drug-likeness (QED) is 0.788. The fraction of sp³-hybridized carbons (Fsp3) is 0.800. The lowest BCUT2D eigenvalue weighted by Crippen LogP contribution is -2.47. The molecule has 0 spiro atoms. The van der Waals surface area contributed by atoms with Crippen LogP contribution < -0.4 is 5.32 Å². The molecular weight excluding hydrogens is 260 g/mol. The lowest BCUT2D eigenvalue weighted by Gasteiger charge is -2.23. The van der Waals surface area contributed by atoms with Gasteiger partial charge in [0.05, 0.1) is 11.4 Å². The van der Waals surface area contributed by atoms with Crippen LogP contribution in [0.1, 0.15) is 27.7 Å². The third-order valence-electron chi connectivity index (χ3n) is 1.61. The number of hydrogen-bond acceptors (Lipinski definition) is 2. The van der Waals surface area contributed by atoms with Crippen molar-refractivity contribution in [1.29, 1.82) is 0 Å². The highest BCUT2D eigenvalue weighted by atomic mass is 79.9. The SMILES string of the molecule is CC(Br)C(=O)N(C)CC(=O)NC(C)(C)C. The van der Waals surface area contributed by atoms with Gasteiger partial charge in [0.1, 0.15) is 0 Å². The van der Waals surface area contributed by atoms with Crippen molar-refractivity contribution in [3.63, 3.8) is 0 Å². The standard InChI is InChI=1S/C10H19BrN2O2/c1-7(11)9(15)13(5)6-8(14)12-10(2,3)4/h7H,6H2,1-5H3,(H,12,14). The Morgan fingerprint density at radius 1 is 1.40 bits per heavy atom. The van der Waals surface area contributed by atoms with Gasteiger partial charge in [-0.05, 0) is 27.7 Å². The molecule has 4 nitrogen and oxygen atoms in total. The Balaban J connectivity index is 4.14. The van der Waals surface area contributed by atoms with Crippen LogP contribution >= 0.6 is 15.9 Å². The number of alkyl halides is 1. The Kier molecular flexibility index (Phi) is 5.28. The number of carbonyl (C=O) groups is 2. The highest BCUT2D eigenvalue weighted by Crippen LogP contribution is 2.03. The predicted molar refractivity (Wildman–Crippen MR) is 63.9 cm³/mol. The van der Waals surface area contributed by atoms with Crippen molar-refractivity contribution < 1.29 is 9.59 Å². The number of likely N-dealkylation sites (N-methyl/N-ethyl adjacent to an activating group) is 1. The van der Waals surface area contributed by atoms with Crippen LogP contribution in [0.15, 0.2) is 0 Å². The smallest absolute Gasteiger partial charge is 0.240 e. The summed E-state index contributed by atoms with van der Waals surface area (Å²) in [7, 11) is 1.61. The first-order valence-corrected chi connectivity index (χ1v) is 5.75. The molecule has 1 unspecified atom stereocenters. The largest absolute Gasteiger partial charge is 0.350 e. The average Bonchev–Trinajstić information content (AvgIpc) is 1.98. The van der Waals surface area contributed by atoms with Gasteiger partial charge < -0.3 is 10.2 Å². The zero-order valence-corrected chi connectivity index (χ0v) is 11.5. The van der Waals surface area contributed by atoms with Gasteiger partial charge in [0.25, 0.3) is 0 Å². The van der Waals surface area contributed by atoms with Crippen LogP contribution in [-0.2, 0) is 9.59 Å². The molecule has 0 radical (unpaired) electrons. The molecule has 0 heterocycles. The lowest BCUT2D eigenvalue weighted by atomic mass is 10.1. The number of hydrogen-bond donors (Lipinski definition) is 1. The molecule has 88 valence electrons. The molecule has 0 aromatic heterocycles. The average molecular weight is 279 g/mol. The van der Waals surface area contributed by atoms with Crippen LogP contribution in [-0.4, -0.2) is 40.7 Å².